The van der Waals surface area contributed by atoms with Crippen molar-refractivity contribution < 1.29 is 14.3 Å². The van der Waals surface area contributed by atoms with Crippen LogP contribution >= 0.6 is 11.8 Å². The van der Waals surface area contributed by atoms with Gasteiger partial charge in [-0.3, -0.25) is 9.36 Å². The zero-order valence-corrected chi connectivity index (χ0v) is 15.7. The number of rotatable bonds is 7. The number of H-pyrrole nitrogens is 2. The Morgan fingerprint density at radius 2 is 2.04 bits per heavy atom. The first kappa shape index (κ1) is 19.0. The molecule has 0 bridgehead atoms. The highest BCUT2D eigenvalue weighted by Gasteiger charge is 2.27. The summed E-state index contributed by atoms with van der Waals surface area (Å²) in [6.45, 7) is 7.67. The minimum absolute atomic E-state index is 0.167. The van der Waals surface area contributed by atoms with Crippen LogP contribution < -0.4 is 5.69 Å². The van der Waals surface area contributed by atoms with Gasteiger partial charge in [0.15, 0.2) is 10.9 Å². The summed E-state index contributed by atoms with van der Waals surface area (Å²) >= 11 is 1.21. The predicted molar refractivity (Wildman–Crippen MR) is 94.4 cm³/mol. The van der Waals surface area contributed by atoms with Gasteiger partial charge in [-0.05, 0) is 32.8 Å². The Labute approximate surface area is 149 Å². The zero-order chi connectivity index (χ0) is 18.7. The van der Waals surface area contributed by atoms with Crippen LogP contribution in [0.2, 0.25) is 0 Å². The SMILES string of the molecule is CCCn1c(S[C@@H](C)C(=O)c2[nH]c(C)c(C(=O)OC)c2C)n[nH]c1=O. The van der Waals surface area contributed by atoms with Gasteiger partial charge in [-0.1, -0.05) is 18.7 Å². The van der Waals surface area contributed by atoms with Crippen LogP contribution in [-0.2, 0) is 11.3 Å². The molecule has 9 heteroatoms. The van der Waals surface area contributed by atoms with Gasteiger partial charge in [0.25, 0.3) is 0 Å². The number of esters is 1. The number of thioether (sulfide) groups is 1. The molecule has 0 aliphatic carbocycles. The molecule has 2 heterocycles. The van der Waals surface area contributed by atoms with Gasteiger partial charge in [0, 0.05) is 12.2 Å². The molecule has 2 aromatic heterocycles. The van der Waals surface area contributed by atoms with Crippen LogP contribution in [0.4, 0.5) is 0 Å². The van der Waals surface area contributed by atoms with Crippen LogP contribution in [0, 0.1) is 13.8 Å². The summed E-state index contributed by atoms with van der Waals surface area (Å²) < 4.78 is 6.28. The minimum Gasteiger partial charge on any atom is -0.465 e. The molecule has 2 aromatic rings. The fourth-order valence-electron chi connectivity index (χ4n) is 2.63. The first-order valence-corrected chi connectivity index (χ1v) is 8.83. The van der Waals surface area contributed by atoms with Gasteiger partial charge in [-0.2, -0.15) is 0 Å². The van der Waals surface area contributed by atoms with Crippen LogP contribution in [0.15, 0.2) is 9.95 Å². The maximum Gasteiger partial charge on any atom is 0.343 e. The average Bonchev–Trinajstić information content (AvgIpc) is 3.07. The lowest BCUT2D eigenvalue weighted by molar-refractivity contribution is 0.0599. The van der Waals surface area contributed by atoms with Crippen LogP contribution in [0.5, 0.6) is 0 Å². The van der Waals surface area contributed by atoms with Gasteiger partial charge in [-0.25, -0.2) is 14.7 Å². The average molecular weight is 366 g/mol. The Morgan fingerprint density at radius 3 is 2.64 bits per heavy atom. The summed E-state index contributed by atoms with van der Waals surface area (Å²) in [6.07, 6.45) is 0.784. The molecule has 2 N–H and O–H groups in total. The third-order valence-electron chi connectivity index (χ3n) is 3.90. The lowest BCUT2D eigenvalue weighted by Gasteiger charge is -2.10. The smallest absolute Gasteiger partial charge is 0.343 e. The van der Waals surface area contributed by atoms with Crippen LogP contribution in [0.25, 0.3) is 0 Å². The van der Waals surface area contributed by atoms with Crippen molar-refractivity contribution in [2.75, 3.05) is 7.11 Å². The first-order valence-electron chi connectivity index (χ1n) is 7.95. The van der Waals surface area contributed by atoms with E-state index in [1.54, 1.807) is 20.8 Å². The quantitative estimate of drug-likeness (QED) is 0.441. The van der Waals surface area contributed by atoms with E-state index in [-0.39, 0.29) is 11.5 Å². The minimum atomic E-state index is -0.479. The highest BCUT2D eigenvalue weighted by Crippen LogP contribution is 2.26. The number of carbonyl (C=O) groups excluding carboxylic acids is 2. The second kappa shape index (κ2) is 7.73. The number of Topliss-reactive ketones (excluding diaryl/α,β-unsaturated/α-hetero) is 1. The summed E-state index contributed by atoms with van der Waals surface area (Å²) in [7, 11) is 1.30. The molecule has 0 aromatic carbocycles. The third kappa shape index (κ3) is 3.71. The van der Waals surface area contributed by atoms with E-state index < -0.39 is 11.2 Å². The van der Waals surface area contributed by atoms with E-state index >= 15 is 0 Å². The Hall–Kier alpha value is -2.29. The zero-order valence-electron chi connectivity index (χ0n) is 14.9. The van der Waals surface area contributed by atoms with Crippen LogP contribution in [0.1, 0.15) is 52.4 Å². The lowest BCUT2D eigenvalue weighted by Crippen LogP contribution is -2.20. The molecule has 0 unspecified atom stereocenters. The number of aromatic nitrogens is 4. The number of hydrogen-bond acceptors (Lipinski definition) is 6. The Kier molecular flexibility index (Phi) is 5.89. The largest absolute Gasteiger partial charge is 0.465 e. The number of aromatic amines is 2. The van der Waals surface area contributed by atoms with Crippen molar-refractivity contribution in [3.05, 3.63) is 33.0 Å². The number of nitrogens with zero attached hydrogens (tertiary/aromatic N) is 2. The second-order valence-electron chi connectivity index (χ2n) is 5.70. The highest BCUT2D eigenvalue weighted by molar-refractivity contribution is 8.00. The normalized spacial score (nSPS) is 12.2. The third-order valence-corrected chi connectivity index (χ3v) is 4.99. The molecule has 0 spiro atoms. The molecular weight excluding hydrogens is 344 g/mol. The van der Waals surface area contributed by atoms with Crippen molar-refractivity contribution in [1.29, 1.82) is 0 Å². The molecule has 8 nitrogen and oxygen atoms in total. The Balaban J connectivity index is 2.27. The van der Waals surface area contributed by atoms with E-state index in [2.05, 4.69) is 15.2 Å². The summed E-state index contributed by atoms with van der Waals surface area (Å²) in [6, 6.07) is 0. The Bertz CT molecular complexity index is 849. The van der Waals surface area contributed by atoms with Crippen LogP contribution in [0.3, 0.4) is 0 Å². The van der Waals surface area contributed by atoms with Crippen LogP contribution in [-0.4, -0.2) is 43.9 Å². The molecule has 25 heavy (non-hydrogen) atoms. The predicted octanol–water partition coefficient (Wildman–Crippen LogP) is 2.08. The van der Waals surface area contributed by atoms with Gasteiger partial charge < -0.3 is 9.72 Å². The topological polar surface area (TPSA) is 110 Å². The molecule has 136 valence electrons. The van der Waals surface area contributed by atoms with Crippen molar-refractivity contribution >= 4 is 23.5 Å². The van der Waals surface area contributed by atoms with E-state index in [0.717, 1.165) is 6.42 Å². The molecule has 0 aliphatic heterocycles. The maximum atomic E-state index is 12.8. The molecule has 0 amide bonds. The van der Waals surface area contributed by atoms with Crippen molar-refractivity contribution in [3.8, 4) is 0 Å². The van der Waals surface area contributed by atoms with Crippen molar-refractivity contribution in [3.63, 3.8) is 0 Å². The molecule has 0 saturated heterocycles. The van der Waals surface area contributed by atoms with E-state index in [1.807, 2.05) is 6.92 Å². The maximum absolute atomic E-state index is 12.8. The molecule has 0 radical (unpaired) electrons. The fourth-order valence-corrected chi connectivity index (χ4v) is 3.57. The number of aryl methyl sites for hydroxylation is 1. The Morgan fingerprint density at radius 1 is 1.36 bits per heavy atom. The second-order valence-corrected chi connectivity index (χ2v) is 7.01. The number of methoxy groups -OCH3 is 1. The van der Waals surface area contributed by atoms with Gasteiger partial charge in [-0.15, -0.1) is 5.10 Å². The number of hydrogen-bond donors (Lipinski definition) is 2. The van der Waals surface area contributed by atoms with E-state index in [4.69, 9.17) is 4.74 Å². The molecular formula is C16H22N4O4S. The summed E-state index contributed by atoms with van der Waals surface area (Å²) in [5.41, 5.74) is 1.62. The molecule has 0 fully saturated rings. The number of ketones is 1. The van der Waals surface area contributed by atoms with E-state index in [0.29, 0.717) is 34.2 Å². The number of ether oxygens (including phenoxy) is 1. The molecule has 0 saturated carbocycles. The molecule has 0 aliphatic rings. The van der Waals surface area contributed by atoms with E-state index in [1.165, 1.54) is 23.4 Å². The molecule has 1 atom stereocenters. The monoisotopic (exact) mass is 366 g/mol. The van der Waals surface area contributed by atoms with Gasteiger partial charge >= 0.3 is 11.7 Å². The standard InChI is InChI=1S/C16H22N4O4S/c1-6-7-20-15(23)18-19-16(20)25-10(4)13(21)12-8(2)11(9(3)17-12)14(22)24-5/h10,17H,6-7H2,1-5H3,(H,18,23)/t10-/m0/s1. The summed E-state index contributed by atoms with van der Waals surface area (Å²) in [5, 5.41) is 6.39. The summed E-state index contributed by atoms with van der Waals surface area (Å²) in [4.78, 5) is 39.4. The van der Waals surface area contributed by atoms with Crippen molar-refractivity contribution in [2.24, 2.45) is 0 Å². The fraction of sp³-hybridized carbons (Fsp3) is 0.500. The van der Waals surface area contributed by atoms with E-state index in [9.17, 15) is 14.4 Å². The highest BCUT2D eigenvalue weighted by atomic mass is 32.2. The number of nitrogens with one attached hydrogen (secondary N) is 2. The van der Waals surface area contributed by atoms with Gasteiger partial charge in [0.05, 0.1) is 23.6 Å². The number of carbonyl (C=O) groups is 2. The summed E-state index contributed by atoms with van der Waals surface area (Å²) in [5.74, 6) is -0.644. The van der Waals surface area contributed by atoms with Gasteiger partial charge in [0.1, 0.15) is 0 Å². The van der Waals surface area contributed by atoms with Gasteiger partial charge in [0.2, 0.25) is 0 Å². The lowest BCUT2D eigenvalue weighted by atomic mass is 10.1. The first-order chi connectivity index (χ1) is 11.8. The molecule has 2 rings (SSSR count). The van der Waals surface area contributed by atoms with Crippen molar-refractivity contribution in [1.82, 2.24) is 19.7 Å². The van der Waals surface area contributed by atoms with Crippen molar-refractivity contribution in [2.45, 2.75) is 51.1 Å².